The van der Waals surface area contributed by atoms with Crippen molar-refractivity contribution < 1.29 is 19.7 Å². The van der Waals surface area contributed by atoms with E-state index in [4.69, 9.17) is 9.84 Å². The van der Waals surface area contributed by atoms with Gasteiger partial charge in [-0.25, -0.2) is 0 Å². The average molecular weight is 379 g/mol. The van der Waals surface area contributed by atoms with Crippen LogP contribution in [-0.2, 0) is 9.53 Å². The highest BCUT2D eigenvalue weighted by molar-refractivity contribution is 5.66. The molecule has 0 aromatic rings. The van der Waals surface area contributed by atoms with Crippen molar-refractivity contribution in [1.82, 2.24) is 0 Å². The van der Waals surface area contributed by atoms with Crippen molar-refractivity contribution in [3.05, 3.63) is 24.3 Å². The maximum absolute atomic E-state index is 10.6. The van der Waals surface area contributed by atoms with E-state index in [-0.39, 0.29) is 12.5 Å². The molecule has 0 spiro atoms. The summed E-state index contributed by atoms with van der Waals surface area (Å²) >= 11 is 0. The van der Waals surface area contributed by atoms with Gasteiger partial charge in [0.2, 0.25) is 0 Å². The van der Waals surface area contributed by atoms with Crippen LogP contribution in [0.3, 0.4) is 0 Å². The fraction of sp³-hybridized carbons (Fsp3) is 0.783. The summed E-state index contributed by atoms with van der Waals surface area (Å²) < 4.78 is 6.15. The smallest absolute Gasteiger partial charge is 0.303 e. The standard InChI is InChI=1S/C23H38O4/c1-3-5-10-17(4-2)20(24)14-13-19-18(21-15-16-22(19)27-21)11-8-6-7-9-12-23(25)26/h6,8,13-14,17-22,24H,3-5,7,9-12,15-16H2,1-2H3,(H,25,26)/b8-6-,14-13+/t17?,18-,19+,20?,21-,22+/m0/s1. The van der Waals surface area contributed by atoms with Crippen LogP contribution in [0.1, 0.15) is 78.1 Å². The number of ether oxygens (including phenoxy) is 1. The van der Waals surface area contributed by atoms with E-state index in [1.54, 1.807) is 0 Å². The molecule has 154 valence electrons. The van der Waals surface area contributed by atoms with Crippen LogP contribution in [0.5, 0.6) is 0 Å². The maximum atomic E-state index is 10.6. The van der Waals surface area contributed by atoms with Crippen LogP contribution in [-0.4, -0.2) is 34.5 Å². The summed E-state index contributed by atoms with van der Waals surface area (Å²) in [6.45, 7) is 4.36. The van der Waals surface area contributed by atoms with Crippen molar-refractivity contribution in [3.8, 4) is 0 Å². The lowest BCUT2D eigenvalue weighted by molar-refractivity contribution is -0.137. The Bertz CT molecular complexity index is 499. The molecule has 4 heteroatoms. The van der Waals surface area contributed by atoms with Crippen molar-refractivity contribution >= 4 is 5.97 Å². The molecular weight excluding hydrogens is 340 g/mol. The number of fused-ring (bicyclic) bond motifs is 2. The van der Waals surface area contributed by atoms with Gasteiger partial charge in [0.15, 0.2) is 0 Å². The predicted molar refractivity (Wildman–Crippen MR) is 109 cm³/mol. The molecule has 27 heavy (non-hydrogen) atoms. The summed E-state index contributed by atoms with van der Waals surface area (Å²) in [6.07, 6.45) is 18.3. The molecule has 2 rings (SSSR count). The number of unbranched alkanes of at least 4 members (excludes halogenated alkanes) is 2. The summed E-state index contributed by atoms with van der Waals surface area (Å²) in [5.74, 6) is 0.510. The summed E-state index contributed by atoms with van der Waals surface area (Å²) in [6, 6.07) is 0. The maximum Gasteiger partial charge on any atom is 0.303 e. The van der Waals surface area contributed by atoms with Gasteiger partial charge in [-0.05, 0) is 50.4 Å². The second-order valence-electron chi connectivity index (χ2n) is 8.21. The Morgan fingerprint density at radius 1 is 1.19 bits per heavy atom. The van der Waals surface area contributed by atoms with Crippen LogP contribution in [0.4, 0.5) is 0 Å². The summed E-state index contributed by atoms with van der Waals surface area (Å²) in [5, 5.41) is 19.3. The average Bonchev–Trinajstić information content (AvgIpc) is 3.25. The third-order valence-electron chi connectivity index (χ3n) is 6.29. The first-order chi connectivity index (χ1) is 13.1. The lowest BCUT2D eigenvalue weighted by atomic mass is 9.77. The molecule has 0 aromatic carbocycles. The highest BCUT2D eigenvalue weighted by atomic mass is 16.5. The SMILES string of the molecule is CCCCC(CC)C(O)/C=C/[C@@H]1[C@H](C/C=C\CCCC(=O)O)[C@@H]2CC[C@H]1O2. The van der Waals surface area contributed by atoms with Crippen molar-refractivity contribution in [2.75, 3.05) is 0 Å². The lowest BCUT2D eigenvalue weighted by Gasteiger charge is -2.25. The molecule has 2 saturated heterocycles. The summed E-state index contributed by atoms with van der Waals surface area (Å²) in [7, 11) is 0. The molecule has 6 atom stereocenters. The number of hydrogen-bond donors (Lipinski definition) is 2. The molecule has 2 heterocycles. The van der Waals surface area contributed by atoms with Gasteiger partial charge in [0.05, 0.1) is 18.3 Å². The Morgan fingerprint density at radius 2 is 1.96 bits per heavy atom. The number of hydrogen-bond acceptors (Lipinski definition) is 3. The molecule has 2 unspecified atom stereocenters. The zero-order valence-corrected chi connectivity index (χ0v) is 17.1. The van der Waals surface area contributed by atoms with E-state index in [0.29, 0.717) is 36.4 Å². The Balaban J connectivity index is 1.86. The van der Waals surface area contributed by atoms with E-state index in [0.717, 1.165) is 38.5 Å². The molecule has 2 aliphatic heterocycles. The van der Waals surface area contributed by atoms with Gasteiger partial charge in [-0.15, -0.1) is 0 Å². The number of aliphatic carboxylic acids is 1. The second kappa shape index (κ2) is 11.7. The quantitative estimate of drug-likeness (QED) is 0.345. The second-order valence-corrected chi connectivity index (χ2v) is 8.21. The van der Waals surface area contributed by atoms with Crippen LogP contribution >= 0.6 is 0 Å². The molecule has 0 aromatic heterocycles. The molecular formula is C23H38O4. The number of carboxylic acid groups (broad SMARTS) is 1. The zero-order valence-electron chi connectivity index (χ0n) is 17.1. The Hall–Kier alpha value is -1.13. The Labute approximate surface area is 164 Å². The fourth-order valence-corrected chi connectivity index (χ4v) is 4.61. The first-order valence-electron chi connectivity index (χ1n) is 10.9. The number of carbonyl (C=O) groups is 1. The minimum absolute atomic E-state index is 0.238. The normalized spacial score (nSPS) is 29.7. The van der Waals surface area contributed by atoms with E-state index in [1.807, 2.05) is 6.08 Å². The van der Waals surface area contributed by atoms with Crippen molar-refractivity contribution in [1.29, 1.82) is 0 Å². The van der Waals surface area contributed by atoms with Gasteiger partial charge >= 0.3 is 5.97 Å². The van der Waals surface area contributed by atoms with Crippen LogP contribution in [0.2, 0.25) is 0 Å². The van der Waals surface area contributed by atoms with Crippen LogP contribution in [0.15, 0.2) is 24.3 Å². The molecule has 2 bridgehead atoms. The highest BCUT2D eigenvalue weighted by Gasteiger charge is 2.46. The summed E-state index contributed by atoms with van der Waals surface area (Å²) in [4.78, 5) is 10.6. The highest BCUT2D eigenvalue weighted by Crippen LogP contribution is 2.46. The zero-order chi connectivity index (χ0) is 19.6. The van der Waals surface area contributed by atoms with Crippen LogP contribution in [0, 0.1) is 17.8 Å². The van der Waals surface area contributed by atoms with E-state index in [9.17, 15) is 9.90 Å². The molecule has 0 radical (unpaired) electrons. The Kier molecular flexibility index (Phi) is 9.57. The molecule has 2 fully saturated rings. The van der Waals surface area contributed by atoms with Gasteiger partial charge in [0, 0.05) is 12.3 Å². The van der Waals surface area contributed by atoms with Gasteiger partial charge in [-0.2, -0.15) is 0 Å². The molecule has 2 N–H and O–H groups in total. The number of rotatable bonds is 13. The van der Waals surface area contributed by atoms with Crippen LogP contribution < -0.4 is 0 Å². The minimum Gasteiger partial charge on any atom is -0.481 e. The topological polar surface area (TPSA) is 66.8 Å². The minimum atomic E-state index is -0.724. The molecule has 0 aliphatic carbocycles. The van der Waals surface area contributed by atoms with Gasteiger partial charge in [-0.3, -0.25) is 4.79 Å². The van der Waals surface area contributed by atoms with Gasteiger partial charge in [0.25, 0.3) is 0 Å². The van der Waals surface area contributed by atoms with E-state index in [2.05, 4.69) is 32.1 Å². The third-order valence-corrected chi connectivity index (χ3v) is 6.29. The number of carboxylic acids is 1. The van der Waals surface area contributed by atoms with Crippen molar-refractivity contribution in [3.63, 3.8) is 0 Å². The molecule has 0 amide bonds. The summed E-state index contributed by atoms with van der Waals surface area (Å²) in [5.41, 5.74) is 0. The number of aliphatic hydroxyl groups is 1. The molecule has 2 aliphatic rings. The van der Waals surface area contributed by atoms with E-state index >= 15 is 0 Å². The van der Waals surface area contributed by atoms with E-state index < -0.39 is 5.97 Å². The van der Waals surface area contributed by atoms with Crippen molar-refractivity contribution in [2.24, 2.45) is 17.8 Å². The van der Waals surface area contributed by atoms with E-state index in [1.165, 1.54) is 12.8 Å². The predicted octanol–water partition coefficient (Wildman–Crippen LogP) is 5.11. The Morgan fingerprint density at radius 3 is 2.67 bits per heavy atom. The first-order valence-corrected chi connectivity index (χ1v) is 10.9. The molecule has 4 nitrogen and oxygen atoms in total. The number of aliphatic hydroxyl groups excluding tert-OH is 1. The fourth-order valence-electron chi connectivity index (χ4n) is 4.61. The lowest BCUT2D eigenvalue weighted by Crippen LogP contribution is -2.26. The molecule has 0 saturated carbocycles. The third kappa shape index (κ3) is 6.76. The van der Waals surface area contributed by atoms with Crippen molar-refractivity contribution in [2.45, 2.75) is 96.4 Å². The largest absolute Gasteiger partial charge is 0.481 e. The van der Waals surface area contributed by atoms with Crippen LogP contribution in [0.25, 0.3) is 0 Å². The van der Waals surface area contributed by atoms with Gasteiger partial charge < -0.3 is 14.9 Å². The monoisotopic (exact) mass is 378 g/mol. The van der Waals surface area contributed by atoms with Gasteiger partial charge in [-0.1, -0.05) is 57.4 Å². The number of allylic oxidation sites excluding steroid dienone is 2. The van der Waals surface area contributed by atoms with Gasteiger partial charge in [0.1, 0.15) is 0 Å². The first kappa shape index (κ1) is 22.2.